The molecule has 2 aliphatic rings. The lowest BCUT2D eigenvalue weighted by atomic mass is 9.82. The van der Waals surface area contributed by atoms with Crippen molar-refractivity contribution >= 4 is 34.2 Å². The number of amides is 1. The molecule has 0 radical (unpaired) electrons. The molecule has 0 saturated heterocycles. The SMILES string of the molecule is CCOC(=O)c1c(NC(=O)[C@@H]2CC=CC[C@@H]2C(=O)O)sc2c1CC[C@@H](C)C2. The van der Waals surface area contributed by atoms with Gasteiger partial charge in [0, 0.05) is 4.88 Å². The normalized spacial score (nSPS) is 24.1. The highest BCUT2D eigenvalue weighted by molar-refractivity contribution is 7.17. The Morgan fingerprint density at radius 3 is 2.63 bits per heavy atom. The number of aliphatic carboxylic acids is 1. The van der Waals surface area contributed by atoms with E-state index in [1.165, 1.54) is 11.3 Å². The summed E-state index contributed by atoms with van der Waals surface area (Å²) >= 11 is 1.42. The van der Waals surface area contributed by atoms with Crippen LogP contribution < -0.4 is 5.32 Å². The standard InChI is InChI=1S/C20H25NO5S/c1-3-26-20(25)16-14-9-8-11(2)10-15(14)27-18(16)21-17(22)12-6-4-5-7-13(12)19(23)24/h4-5,11-13H,3,6-10H2,1-2H3,(H,21,22)(H,23,24)/t11-,12-,13+/m1/s1. The van der Waals surface area contributed by atoms with Crippen LogP contribution >= 0.6 is 11.3 Å². The van der Waals surface area contributed by atoms with Crippen LogP contribution in [0.3, 0.4) is 0 Å². The van der Waals surface area contributed by atoms with Crippen LogP contribution in [0.25, 0.3) is 0 Å². The number of hydrogen-bond acceptors (Lipinski definition) is 5. The molecule has 1 aromatic heterocycles. The van der Waals surface area contributed by atoms with Gasteiger partial charge in [-0.25, -0.2) is 4.79 Å². The van der Waals surface area contributed by atoms with Gasteiger partial charge in [0.2, 0.25) is 5.91 Å². The zero-order chi connectivity index (χ0) is 19.6. The number of carbonyl (C=O) groups is 3. The fraction of sp³-hybridized carbons (Fsp3) is 0.550. The fourth-order valence-electron chi connectivity index (χ4n) is 3.84. The maximum atomic E-state index is 12.8. The summed E-state index contributed by atoms with van der Waals surface area (Å²) in [5, 5.41) is 12.8. The number of carboxylic acid groups (broad SMARTS) is 1. The number of carboxylic acids is 1. The van der Waals surface area contributed by atoms with Crippen molar-refractivity contribution in [3.63, 3.8) is 0 Å². The zero-order valence-electron chi connectivity index (χ0n) is 15.6. The Morgan fingerprint density at radius 2 is 1.96 bits per heavy atom. The summed E-state index contributed by atoms with van der Waals surface area (Å²) in [6, 6.07) is 0. The average Bonchev–Trinajstić information content (AvgIpc) is 2.98. The Labute approximate surface area is 162 Å². The Balaban J connectivity index is 1.89. The summed E-state index contributed by atoms with van der Waals surface area (Å²) in [5.74, 6) is -2.57. The van der Waals surface area contributed by atoms with Gasteiger partial charge in [-0.3, -0.25) is 9.59 Å². The third kappa shape index (κ3) is 4.08. The minimum absolute atomic E-state index is 0.266. The lowest BCUT2D eigenvalue weighted by molar-refractivity contribution is -0.146. The molecule has 3 atom stereocenters. The van der Waals surface area contributed by atoms with E-state index in [4.69, 9.17) is 4.74 Å². The Morgan fingerprint density at radius 1 is 1.26 bits per heavy atom. The first-order chi connectivity index (χ1) is 12.9. The molecule has 0 spiro atoms. The van der Waals surface area contributed by atoms with Crippen LogP contribution in [0.5, 0.6) is 0 Å². The van der Waals surface area contributed by atoms with Crippen molar-refractivity contribution in [3.05, 3.63) is 28.2 Å². The number of carbonyl (C=O) groups excluding carboxylic acids is 2. The Kier molecular flexibility index (Phi) is 5.99. The first-order valence-electron chi connectivity index (χ1n) is 9.42. The fourth-order valence-corrected chi connectivity index (χ4v) is 5.24. The third-order valence-electron chi connectivity index (χ3n) is 5.31. The van der Waals surface area contributed by atoms with E-state index in [0.717, 1.165) is 29.7 Å². The molecule has 7 heteroatoms. The van der Waals surface area contributed by atoms with Crippen LogP contribution in [-0.4, -0.2) is 29.6 Å². The van der Waals surface area contributed by atoms with Crippen LogP contribution in [-0.2, 0) is 27.2 Å². The molecule has 0 fully saturated rings. The number of allylic oxidation sites excluding steroid dienone is 2. The van der Waals surface area contributed by atoms with Crippen molar-refractivity contribution in [1.82, 2.24) is 0 Å². The predicted molar refractivity (Wildman–Crippen MR) is 103 cm³/mol. The summed E-state index contributed by atoms with van der Waals surface area (Å²) in [5.41, 5.74) is 1.43. The van der Waals surface area contributed by atoms with Gasteiger partial charge in [0.15, 0.2) is 0 Å². The van der Waals surface area contributed by atoms with Crippen LogP contribution in [0.2, 0.25) is 0 Å². The van der Waals surface area contributed by atoms with Gasteiger partial charge >= 0.3 is 11.9 Å². The Bertz CT molecular complexity index is 782. The van der Waals surface area contributed by atoms with Crippen molar-refractivity contribution in [2.45, 2.75) is 46.0 Å². The summed E-state index contributed by atoms with van der Waals surface area (Å²) in [7, 11) is 0. The van der Waals surface area contributed by atoms with E-state index in [1.807, 2.05) is 6.08 Å². The van der Waals surface area contributed by atoms with E-state index in [1.54, 1.807) is 13.0 Å². The van der Waals surface area contributed by atoms with E-state index in [2.05, 4.69) is 12.2 Å². The summed E-state index contributed by atoms with van der Waals surface area (Å²) < 4.78 is 5.22. The van der Waals surface area contributed by atoms with Crippen LogP contribution in [0.1, 0.15) is 53.9 Å². The van der Waals surface area contributed by atoms with Crippen molar-refractivity contribution in [1.29, 1.82) is 0 Å². The maximum absolute atomic E-state index is 12.8. The van der Waals surface area contributed by atoms with E-state index in [9.17, 15) is 19.5 Å². The molecule has 0 bridgehead atoms. The molecule has 0 aromatic carbocycles. The quantitative estimate of drug-likeness (QED) is 0.590. The molecule has 2 aliphatic carbocycles. The van der Waals surface area contributed by atoms with Gasteiger partial charge in [-0.2, -0.15) is 0 Å². The van der Waals surface area contributed by atoms with E-state index < -0.39 is 23.8 Å². The highest BCUT2D eigenvalue weighted by atomic mass is 32.1. The highest BCUT2D eigenvalue weighted by Gasteiger charge is 2.36. The molecular formula is C20H25NO5S. The highest BCUT2D eigenvalue weighted by Crippen LogP contribution is 2.40. The predicted octanol–water partition coefficient (Wildman–Crippen LogP) is 3.66. The number of nitrogens with one attached hydrogen (secondary N) is 1. The molecular weight excluding hydrogens is 366 g/mol. The summed E-state index contributed by atoms with van der Waals surface area (Å²) in [4.78, 5) is 38.0. The smallest absolute Gasteiger partial charge is 0.341 e. The zero-order valence-corrected chi connectivity index (χ0v) is 16.4. The first-order valence-corrected chi connectivity index (χ1v) is 10.2. The number of fused-ring (bicyclic) bond motifs is 1. The van der Waals surface area contributed by atoms with Gasteiger partial charge in [-0.05, 0) is 50.5 Å². The lowest BCUT2D eigenvalue weighted by Crippen LogP contribution is -2.34. The molecule has 3 rings (SSSR count). The molecule has 1 heterocycles. The van der Waals surface area contributed by atoms with Gasteiger partial charge in [-0.15, -0.1) is 11.3 Å². The molecule has 1 aromatic rings. The second kappa shape index (κ2) is 8.25. The molecule has 27 heavy (non-hydrogen) atoms. The monoisotopic (exact) mass is 391 g/mol. The summed E-state index contributed by atoms with van der Waals surface area (Å²) in [6.07, 6.45) is 7.05. The number of anilines is 1. The minimum atomic E-state index is -0.968. The van der Waals surface area contributed by atoms with Gasteiger partial charge in [-0.1, -0.05) is 19.1 Å². The molecule has 0 aliphatic heterocycles. The molecule has 146 valence electrons. The topological polar surface area (TPSA) is 92.7 Å². The number of hydrogen-bond donors (Lipinski definition) is 2. The number of esters is 1. The van der Waals surface area contributed by atoms with Crippen molar-refractivity contribution < 1.29 is 24.2 Å². The van der Waals surface area contributed by atoms with Crippen molar-refractivity contribution in [2.24, 2.45) is 17.8 Å². The van der Waals surface area contributed by atoms with Crippen molar-refractivity contribution in [2.75, 3.05) is 11.9 Å². The van der Waals surface area contributed by atoms with Gasteiger partial charge in [0.05, 0.1) is 24.0 Å². The largest absolute Gasteiger partial charge is 0.481 e. The van der Waals surface area contributed by atoms with E-state index >= 15 is 0 Å². The second-order valence-corrected chi connectivity index (χ2v) is 8.36. The lowest BCUT2D eigenvalue weighted by Gasteiger charge is -2.24. The van der Waals surface area contributed by atoms with Crippen LogP contribution in [0, 0.1) is 17.8 Å². The third-order valence-corrected chi connectivity index (χ3v) is 6.48. The van der Waals surface area contributed by atoms with Gasteiger partial charge in [0.25, 0.3) is 0 Å². The molecule has 2 N–H and O–H groups in total. The van der Waals surface area contributed by atoms with E-state index in [-0.39, 0.29) is 12.5 Å². The average molecular weight is 391 g/mol. The molecule has 6 nitrogen and oxygen atoms in total. The molecule has 1 amide bonds. The van der Waals surface area contributed by atoms with Crippen molar-refractivity contribution in [3.8, 4) is 0 Å². The number of rotatable bonds is 5. The first kappa shape index (κ1) is 19.6. The Hall–Kier alpha value is -2.15. The number of thiophene rings is 1. The second-order valence-electron chi connectivity index (χ2n) is 7.26. The van der Waals surface area contributed by atoms with Gasteiger partial charge in [0.1, 0.15) is 5.00 Å². The molecule has 0 unspecified atom stereocenters. The minimum Gasteiger partial charge on any atom is -0.481 e. The van der Waals surface area contributed by atoms with Crippen LogP contribution in [0.15, 0.2) is 12.2 Å². The molecule has 0 saturated carbocycles. The maximum Gasteiger partial charge on any atom is 0.341 e. The van der Waals surface area contributed by atoms with E-state index in [0.29, 0.717) is 29.3 Å². The number of ether oxygens (including phenoxy) is 1. The van der Waals surface area contributed by atoms with Gasteiger partial charge < -0.3 is 15.2 Å². The van der Waals surface area contributed by atoms with Crippen LogP contribution in [0.4, 0.5) is 5.00 Å². The summed E-state index contributed by atoms with van der Waals surface area (Å²) in [6.45, 7) is 4.20.